The highest BCUT2D eigenvalue weighted by Crippen LogP contribution is 2.37. The molecule has 244 valence electrons. The zero-order valence-electron chi connectivity index (χ0n) is 28.7. The monoisotopic (exact) mass is 712 g/mol. The van der Waals surface area contributed by atoms with E-state index in [9.17, 15) is 0 Å². The second kappa shape index (κ2) is 12.3. The largest absolute Gasteiger partial charge is 0.134 e. The zero-order chi connectivity index (χ0) is 35.6. The van der Waals surface area contributed by atoms with Crippen LogP contribution in [0.15, 0.2) is 145 Å². The van der Waals surface area contributed by atoms with E-state index in [0.29, 0.717) is 0 Å². The summed E-state index contributed by atoms with van der Waals surface area (Å²) in [5.74, 6) is 27.5. The molecule has 0 spiro atoms. The molecule has 12 bridgehead atoms. The molecule has 0 fully saturated rings. The van der Waals surface area contributed by atoms with Crippen molar-refractivity contribution in [2.24, 2.45) is 0 Å². The number of hydrogen-bond acceptors (Lipinski definition) is 2. The van der Waals surface area contributed by atoms with Crippen molar-refractivity contribution in [2.45, 2.75) is 0 Å². The molecule has 0 N–H and O–H groups in total. The average Bonchev–Trinajstić information content (AvgIpc) is 3.90. The summed E-state index contributed by atoms with van der Waals surface area (Å²) in [5, 5.41) is 16.6. The third-order valence-corrected chi connectivity index (χ3v) is 12.0. The molecule has 10 aromatic rings. The fourth-order valence-corrected chi connectivity index (χ4v) is 9.11. The Balaban J connectivity index is 1.12. The first kappa shape index (κ1) is 30.6. The van der Waals surface area contributed by atoms with E-state index in [1.807, 2.05) is 0 Å². The summed E-state index contributed by atoms with van der Waals surface area (Å²) < 4.78 is 0. The molecule has 1 aliphatic heterocycles. The quantitative estimate of drug-likeness (QED) is 0.108. The second-order valence-corrected chi connectivity index (χ2v) is 15.5. The minimum Gasteiger partial charge on any atom is -0.134 e. The molecule has 1 aliphatic rings. The van der Waals surface area contributed by atoms with E-state index in [4.69, 9.17) is 0 Å². The lowest BCUT2D eigenvalue weighted by Crippen LogP contribution is -1.86. The molecule has 0 atom stereocenters. The Morgan fingerprint density at radius 3 is 1.00 bits per heavy atom. The highest BCUT2D eigenvalue weighted by atomic mass is 32.1. The molecular weight excluding hydrogens is 689 g/mol. The molecule has 2 heteroatoms. The van der Waals surface area contributed by atoms with E-state index in [1.165, 1.54) is 64.6 Å². The molecule has 0 unspecified atom stereocenters. The fraction of sp³-hybridized carbons (Fsp3) is 0. The lowest BCUT2D eigenvalue weighted by Gasteiger charge is -2.11. The van der Waals surface area contributed by atoms with Gasteiger partial charge in [0.05, 0.1) is 14.6 Å². The van der Waals surface area contributed by atoms with Crippen LogP contribution in [0, 0.1) is 47.4 Å². The topological polar surface area (TPSA) is 0 Å². The summed E-state index contributed by atoms with van der Waals surface area (Å²) in [6.45, 7) is 0. The Hall–Kier alpha value is -7.04. The predicted octanol–water partition coefficient (Wildman–Crippen LogP) is 12.6. The molecule has 0 saturated carbocycles. The van der Waals surface area contributed by atoms with Crippen LogP contribution in [-0.4, -0.2) is 0 Å². The average molecular weight is 713 g/mol. The molecule has 3 heterocycles. The minimum absolute atomic E-state index is 0.966. The van der Waals surface area contributed by atoms with Crippen LogP contribution in [0.4, 0.5) is 0 Å². The highest BCUT2D eigenvalue weighted by molar-refractivity contribution is 7.13. The van der Waals surface area contributed by atoms with Crippen LogP contribution in [-0.2, 0) is 0 Å². The van der Waals surface area contributed by atoms with E-state index in [1.54, 1.807) is 22.7 Å². The standard InChI is InChI=1S/C52H24S2/c1-2-6-42-41(5-1)45-23-14-33-9-10-37-27-40(53-32-37)20-13-36-17-26-48-44-8-4-3-7-43(44)47-25-16-35(30-51(47)52(48)31-36)12-19-39-22-21-38(54-39)18-11-34-15-24-46(42)50(29-34)49(45)28-33/h1-8,14-17,21-32H. The summed E-state index contributed by atoms with van der Waals surface area (Å²) in [4.78, 5) is 2.97. The van der Waals surface area contributed by atoms with Crippen molar-refractivity contribution in [1.29, 1.82) is 0 Å². The highest BCUT2D eigenvalue weighted by Gasteiger charge is 2.11. The van der Waals surface area contributed by atoms with E-state index >= 15 is 0 Å². The molecule has 0 aliphatic carbocycles. The number of benzene rings is 8. The zero-order valence-corrected chi connectivity index (χ0v) is 30.3. The van der Waals surface area contributed by atoms with Gasteiger partial charge in [0.1, 0.15) is 0 Å². The van der Waals surface area contributed by atoms with Crippen LogP contribution in [0.3, 0.4) is 0 Å². The first-order valence-corrected chi connectivity index (χ1v) is 19.4. The SMILES string of the molecule is C1#Cc2ccc3c4ccccc4c4ccc(cc4c3c2)C#Cc2ccc(s2)C#Cc2ccc3c4ccccc4c4ccc(cc4c3c2)C#Cc2cc1cs2. The van der Waals surface area contributed by atoms with Gasteiger partial charge < -0.3 is 0 Å². The molecule has 2 aromatic heterocycles. The molecule has 0 saturated heterocycles. The smallest absolute Gasteiger partial charge is 0.0785 e. The van der Waals surface area contributed by atoms with Crippen molar-refractivity contribution in [3.8, 4) is 47.4 Å². The van der Waals surface area contributed by atoms with Crippen molar-refractivity contribution >= 4 is 87.3 Å². The lowest BCUT2D eigenvalue weighted by molar-refractivity contribution is 1.70. The minimum atomic E-state index is 0.966. The molecule has 8 aromatic carbocycles. The molecule has 54 heavy (non-hydrogen) atoms. The van der Waals surface area contributed by atoms with Crippen molar-refractivity contribution in [1.82, 2.24) is 0 Å². The summed E-state index contributed by atoms with van der Waals surface area (Å²) in [5.41, 5.74) is 4.87. The van der Waals surface area contributed by atoms with Gasteiger partial charge in [0.2, 0.25) is 0 Å². The summed E-state index contributed by atoms with van der Waals surface area (Å²) in [6.07, 6.45) is 0. The van der Waals surface area contributed by atoms with Crippen molar-refractivity contribution < 1.29 is 0 Å². The molecule has 11 rings (SSSR count). The van der Waals surface area contributed by atoms with Crippen LogP contribution < -0.4 is 0 Å². The van der Waals surface area contributed by atoms with E-state index in [0.717, 1.165) is 42.4 Å². The Kier molecular flexibility index (Phi) is 6.96. The Labute approximate surface area is 320 Å². The van der Waals surface area contributed by atoms with Gasteiger partial charge in [0.15, 0.2) is 0 Å². The summed E-state index contributed by atoms with van der Waals surface area (Å²) in [7, 11) is 0. The van der Waals surface area contributed by atoms with Crippen LogP contribution in [0.2, 0.25) is 0 Å². The van der Waals surface area contributed by atoms with Gasteiger partial charge in [-0.1, -0.05) is 120 Å². The van der Waals surface area contributed by atoms with Crippen molar-refractivity contribution in [2.75, 3.05) is 0 Å². The first-order chi connectivity index (χ1) is 26.7. The Bertz CT molecular complexity index is 3060. The van der Waals surface area contributed by atoms with Gasteiger partial charge in [-0.2, -0.15) is 0 Å². The van der Waals surface area contributed by atoms with Gasteiger partial charge in [-0.15, -0.1) is 22.7 Å². The van der Waals surface area contributed by atoms with Gasteiger partial charge in [-0.25, -0.2) is 0 Å². The van der Waals surface area contributed by atoms with Gasteiger partial charge in [0, 0.05) is 33.2 Å². The Morgan fingerprint density at radius 1 is 0.259 bits per heavy atom. The predicted molar refractivity (Wildman–Crippen MR) is 230 cm³/mol. The van der Waals surface area contributed by atoms with Crippen LogP contribution in [0.25, 0.3) is 64.6 Å². The van der Waals surface area contributed by atoms with Crippen LogP contribution in [0.5, 0.6) is 0 Å². The van der Waals surface area contributed by atoms with Crippen molar-refractivity contribution in [3.05, 3.63) is 187 Å². The molecule has 0 amide bonds. The number of fused-ring (bicyclic) bond motifs is 14. The maximum atomic E-state index is 3.45. The van der Waals surface area contributed by atoms with Gasteiger partial charge in [0.25, 0.3) is 0 Å². The normalized spacial score (nSPS) is 11.7. The van der Waals surface area contributed by atoms with Crippen LogP contribution >= 0.6 is 22.7 Å². The molecule has 0 nitrogen and oxygen atoms in total. The summed E-state index contributed by atoms with van der Waals surface area (Å²) >= 11 is 3.26. The third-order valence-electron chi connectivity index (χ3n) is 10.2. The molecule has 0 radical (unpaired) electrons. The first-order valence-electron chi connectivity index (χ1n) is 17.7. The van der Waals surface area contributed by atoms with Gasteiger partial charge in [-0.05, 0) is 131 Å². The number of hydrogen-bond donors (Lipinski definition) is 0. The number of rotatable bonds is 0. The van der Waals surface area contributed by atoms with E-state index in [2.05, 4.69) is 192 Å². The van der Waals surface area contributed by atoms with Crippen LogP contribution in [0.1, 0.15) is 42.4 Å². The fourth-order valence-electron chi connectivity index (χ4n) is 7.71. The third kappa shape index (κ3) is 5.22. The maximum Gasteiger partial charge on any atom is 0.0785 e. The van der Waals surface area contributed by atoms with E-state index < -0.39 is 0 Å². The lowest BCUT2D eigenvalue weighted by atomic mass is 9.92. The number of thiophene rings is 2. The summed E-state index contributed by atoms with van der Waals surface area (Å²) in [6, 6.07) is 49.8. The van der Waals surface area contributed by atoms with Gasteiger partial charge in [-0.3, -0.25) is 0 Å². The molecular formula is C52H24S2. The van der Waals surface area contributed by atoms with E-state index in [-0.39, 0.29) is 0 Å². The Morgan fingerprint density at radius 2 is 0.593 bits per heavy atom. The maximum absolute atomic E-state index is 3.45. The second-order valence-electron chi connectivity index (χ2n) is 13.5. The van der Waals surface area contributed by atoms with Gasteiger partial charge >= 0.3 is 0 Å². The van der Waals surface area contributed by atoms with Crippen molar-refractivity contribution in [3.63, 3.8) is 0 Å².